The van der Waals surface area contributed by atoms with E-state index in [4.69, 9.17) is 26.4 Å². The molecule has 0 aromatic heterocycles. The van der Waals surface area contributed by atoms with Crippen LogP contribution in [0.25, 0.3) is 0 Å². The van der Waals surface area contributed by atoms with E-state index in [1.807, 2.05) is 0 Å². The summed E-state index contributed by atoms with van der Waals surface area (Å²) in [7, 11) is 4.63. The monoisotopic (exact) mass is 326 g/mol. The summed E-state index contributed by atoms with van der Waals surface area (Å²) in [6, 6.07) is 3.41. The number of carbonyl (C=O) groups excluding carboxylic acids is 1. The minimum atomic E-state index is -0.138. The fourth-order valence-corrected chi connectivity index (χ4v) is 2.70. The molecule has 0 N–H and O–H groups in total. The van der Waals surface area contributed by atoms with Crippen molar-refractivity contribution in [3.63, 3.8) is 0 Å². The lowest BCUT2D eigenvalue weighted by molar-refractivity contribution is -0.123. The summed E-state index contributed by atoms with van der Waals surface area (Å²) in [5.74, 6) is 1.83. The lowest BCUT2D eigenvalue weighted by Gasteiger charge is -2.12. The molecule has 8 heteroatoms. The molecule has 1 fully saturated rings. The standard InChI is InChI=1S/C13H14N2O4S2/c1-17-9-5-11(19-3)10(18-2)4-8(9)6-14-15-12(16)7-21-13(15)20/h4-6H,7H2,1-3H3/b14-6+. The van der Waals surface area contributed by atoms with Crippen LogP contribution in [0.5, 0.6) is 17.2 Å². The summed E-state index contributed by atoms with van der Waals surface area (Å²) in [6.45, 7) is 0. The molecule has 2 rings (SSSR count). The molecular formula is C13H14N2O4S2. The van der Waals surface area contributed by atoms with Gasteiger partial charge in [-0.1, -0.05) is 24.0 Å². The number of amides is 1. The zero-order valence-electron chi connectivity index (χ0n) is 11.8. The highest BCUT2D eigenvalue weighted by Gasteiger charge is 2.26. The van der Waals surface area contributed by atoms with Crippen molar-refractivity contribution >= 4 is 40.4 Å². The number of thiocarbonyl (C=S) groups is 1. The van der Waals surface area contributed by atoms with E-state index in [-0.39, 0.29) is 5.91 Å². The molecular weight excluding hydrogens is 312 g/mol. The summed E-state index contributed by atoms with van der Waals surface area (Å²) in [6.07, 6.45) is 1.51. The topological polar surface area (TPSA) is 60.4 Å². The molecule has 21 heavy (non-hydrogen) atoms. The van der Waals surface area contributed by atoms with E-state index in [9.17, 15) is 4.79 Å². The Morgan fingerprint density at radius 2 is 1.81 bits per heavy atom. The van der Waals surface area contributed by atoms with Crippen LogP contribution in [0.3, 0.4) is 0 Å². The SMILES string of the molecule is COc1cc(OC)c(OC)cc1/C=N/N1C(=O)CSC1=S. The lowest BCUT2D eigenvalue weighted by Crippen LogP contribution is -2.22. The first kappa shape index (κ1) is 15.6. The van der Waals surface area contributed by atoms with Gasteiger partial charge < -0.3 is 14.2 Å². The van der Waals surface area contributed by atoms with Crippen molar-refractivity contribution in [2.45, 2.75) is 0 Å². The Morgan fingerprint density at radius 1 is 1.19 bits per heavy atom. The Morgan fingerprint density at radius 3 is 2.33 bits per heavy atom. The van der Waals surface area contributed by atoms with Gasteiger partial charge in [0.15, 0.2) is 15.8 Å². The zero-order valence-corrected chi connectivity index (χ0v) is 13.4. The van der Waals surface area contributed by atoms with Crippen LogP contribution < -0.4 is 14.2 Å². The Balaban J connectivity index is 2.34. The Kier molecular flexibility index (Phi) is 5.03. The number of methoxy groups -OCH3 is 3. The summed E-state index contributed by atoms with van der Waals surface area (Å²) in [4.78, 5) is 11.6. The zero-order chi connectivity index (χ0) is 15.4. The normalized spacial score (nSPS) is 14.9. The molecule has 1 aromatic carbocycles. The number of hydrazone groups is 1. The first-order valence-corrected chi connectivity index (χ1v) is 7.33. The van der Waals surface area contributed by atoms with Gasteiger partial charge in [-0.3, -0.25) is 4.79 Å². The molecule has 0 radical (unpaired) electrons. The highest BCUT2D eigenvalue weighted by atomic mass is 32.2. The van der Waals surface area contributed by atoms with E-state index in [0.717, 1.165) is 0 Å². The molecule has 1 aliphatic rings. The van der Waals surface area contributed by atoms with Crippen molar-refractivity contribution in [2.75, 3.05) is 27.1 Å². The van der Waals surface area contributed by atoms with Gasteiger partial charge in [0, 0.05) is 11.6 Å². The lowest BCUT2D eigenvalue weighted by atomic mass is 10.2. The second kappa shape index (κ2) is 6.77. The van der Waals surface area contributed by atoms with Gasteiger partial charge in [-0.2, -0.15) is 10.1 Å². The number of nitrogens with zero attached hydrogens (tertiary/aromatic N) is 2. The van der Waals surface area contributed by atoms with Crippen molar-refractivity contribution < 1.29 is 19.0 Å². The maximum atomic E-state index is 11.6. The van der Waals surface area contributed by atoms with Crippen LogP contribution in [0, 0.1) is 0 Å². The molecule has 0 spiro atoms. The predicted molar refractivity (Wildman–Crippen MR) is 85.6 cm³/mol. The van der Waals surface area contributed by atoms with Crippen molar-refractivity contribution in [1.29, 1.82) is 0 Å². The summed E-state index contributed by atoms with van der Waals surface area (Å²) >= 11 is 6.35. The minimum Gasteiger partial charge on any atom is -0.496 e. The number of hydrogen-bond acceptors (Lipinski definition) is 7. The molecule has 0 bridgehead atoms. The Hall–Kier alpha value is -1.80. The first-order valence-electron chi connectivity index (χ1n) is 5.94. The predicted octanol–water partition coefficient (Wildman–Crippen LogP) is 1.91. The second-order valence-electron chi connectivity index (χ2n) is 3.95. The highest BCUT2D eigenvalue weighted by Crippen LogP contribution is 2.34. The first-order chi connectivity index (χ1) is 10.1. The van der Waals surface area contributed by atoms with E-state index in [2.05, 4.69) is 5.10 Å². The van der Waals surface area contributed by atoms with E-state index in [0.29, 0.717) is 32.9 Å². The average Bonchev–Trinajstić information content (AvgIpc) is 2.83. The van der Waals surface area contributed by atoms with Gasteiger partial charge in [-0.25, -0.2) is 0 Å². The number of thioether (sulfide) groups is 1. The number of rotatable bonds is 5. The fourth-order valence-electron chi connectivity index (χ4n) is 1.73. The van der Waals surface area contributed by atoms with Crippen molar-refractivity contribution in [2.24, 2.45) is 5.10 Å². The van der Waals surface area contributed by atoms with Crippen LogP contribution in [0.2, 0.25) is 0 Å². The quantitative estimate of drug-likeness (QED) is 0.608. The van der Waals surface area contributed by atoms with E-state index in [1.54, 1.807) is 33.5 Å². The van der Waals surface area contributed by atoms with Gasteiger partial charge >= 0.3 is 0 Å². The third-order valence-corrected chi connectivity index (χ3v) is 4.11. The highest BCUT2D eigenvalue weighted by molar-refractivity contribution is 8.23. The second-order valence-corrected chi connectivity index (χ2v) is 5.56. The van der Waals surface area contributed by atoms with E-state index >= 15 is 0 Å². The van der Waals surface area contributed by atoms with Gasteiger partial charge in [0.05, 0.1) is 33.3 Å². The number of ether oxygens (including phenoxy) is 3. The summed E-state index contributed by atoms with van der Waals surface area (Å²) in [5, 5.41) is 5.32. The molecule has 1 saturated heterocycles. The minimum absolute atomic E-state index is 0.138. The summed E-state index contributed by atoms with van der Waals surface area (Å²) < 4.78 is 16.2. The van der Waals surface area contributed by atoms with Gasteiger partial charge in [0.25, 0.3) is 5.91 Å². The van der Waals surface area contributed by atoms with E-state index < -0.39 is 0 Å². The molecule has 0 aliphatic carbocycles. The number of benzene rings is 1. The third kappa shape index (κ3) is 3.27. The van der Waals surface area contributed by atoms with Gasteiger partial charge in [0.1, 0.15) is 5.75 Å². The van der Waals surface area contributed by atoms with Crippen molar-refractivity contribution in [1.82, 2.24) is 5.01 Å². The van der Waals surface area contributed by atoms with Crippen LogP contribution in [-0.4, -0.2) is 48.5 Å². The molecule has 1 heterocycles. The maximum Gasteiger partial charge on any atom is 0.259 e. The van der Waals surface area contributed by atoms with Crippen LogP contribution in [-0.2, 0) is 4.79 Å². The molecule has 112 valence electrons. The molecule has 0 atom stereocenters. The Bertz CT molecular complexity index is 588. The van der Waals surface area contributed by atoms with Gasteiger partial charge in [0.2, 0.25) is 0 Å². The largest absolute Gasteiger partial charge is 0.496 e. The van der Waals surface area contributed by atoms with Crippen LogP contribution in [0.1, 0.15) is 5.56 Å². The van der Waals surface area contributed by atoms with Crippen LogP contribution >= 0.6 is 24.0 Å². The smallest absolute Gasteiger partial charge is 0.259 e. The van der Waals surface area contributed by atoms with Gasteiger partial charge in [-0.05, 0) is 6.07 Å². The van der Waals surface area contributed by atoms with Gasteiger partial charge in [-0.15, -0.1) is 0 Å². The summed E-state index contributed by atoms with van der Waals surface area (Å²) in [5.41, 5.74) is 0.655. The fraction of sp³-hybridized carbons (Fsp3) is 0.308. The molecule has 6 nitrogen and oxygen atoms in total. The van der Waals surface area contributed by atoms with Crippen molar-refractivity contribution in [3.8, 4) is 17.2 Å². The van der Waals surface area contributed by atoms with Crippen LogP contribution in [0.4, 0.5) is 0 Å². The molecule has 1 amide bonds. The molecule has 0 saturated carbocycles. The van der Waals surface area contributed by atoms with E-state index in [1.165, 1.54) is 23.0 Å². The van der Waals surface area contributed by atoms with Crippen molar-refractivity contribution in [3.05, 3.63) is 17.7 Å². The average molecular weight is 326 g/mol. The number of hydrogen-bond donors (Lipinski definition) is 0. The molecule has 1 aromatic rings. The molecule has 1 aliphatic heterocycles. The molecule has 0 unspecified atom stereocenters. The third-order valence-electron chi connectivity index (χ3n) is 2.78. The van der Waals surface area contributed by atoms with Crippen LogP contribution in [0.15, 0.2) is 17.2 Å². The Labute approximate surface area is 132 Å². The number of carbonyl (C=O) groups is 1. The maximum absolute atomic E-state index is 11.6.